The molecule has 0 saturated heterocycles. The highest BCUT2D eigenvalue weighted by atomic mass is 32.1. The predicted octanol–water partition coefficient (Wildman–Crippen LogP) is 2.38. The third-order valence-corrected chi connectivity index (χ3v) is 2.78. The highest BCUT2D eigenvalue weighted by Gasteiger charge is 2.06. The van der Waals surface area contributed by atoms with Crippen LogP contribution >= 0.6 is 11.3 Å². The number of nitrogen functional groups attached to an aromatic ring is 1. The third kappa shape index (κ3) is 2.46. The Bertz CT molecular complexity index is 480. The van der Waals surface area contributed by atoms with Crippen molar-refractivity contribution in [2.75, 3.05) is 11.1 Å². The fourth-order valence-corrected chi connectivity index (χ4v) is 2.04. The molecular weight excluding hydrogens is 222 g/mol. The zero-order valence-corrected chi connectivity index (χ0v) is 9.95. The monoisotopic (exact) mass is 235 g/mol. The van der Waals surface area contributed by atoms with Gasteiger partial charge >= 0.3 is 0 Å². The Morgan fingerprint density at radius 2 is 2.12 bits per heavy atom. The van der Waals surface area contributed by atoms with Crippen molar-refractivity contribution in [2.24, 2.45) is 0 Å². The second-order valence-corrected chi connectivity index (χ2v) is 4.54. The van der Waals surface area contributed by atoms with Crippen LogP contribution in [0.15, 0.2) is 17.8 Å². The van der Waals surface area contributed by atoms with Gasteiger partial charge in [0.25, 0.3) is 0 Å². The van der Waals surface area contributed by atoms with Gasteiger partial charge in [-0.25, -0.2) is 9.97 Å². The van der Waals surface area contributed by atoms with Crippen molar-refractivity contribution in [1.82, 2.24) is 15.0 Å². The van der Waals surface area contributed by atoms with Crippen LogP contribution in [-0.2, 0) is 0 Å². The summed E-state index contributed by atoms with van der Waals surface area (Å²) in [6, 6.07) is 0. The number of aromatic nitrogens is 3. The zero-order chi connectivity index (χ0) is 11.5. The molecule has 6 heteroatoms. The van der Waals surface area contributed by atoms with Crippen molar-refractivity contribution < 1.29 is 0 Å². The van der Waals surface area contributed by atoms with Crippen molar-refractivity contribution in [2.45, 2.75) is 19.8 Å². The second kappa shape index (κ2) is 4.44. The molecule has 2 heterocycles. The van der Waals surface area contributed by atoms with E-state index in [-0.39, 0.29) is 0 Å². The van der Waals surface area contributed by atoms with E-state index < -0.39 is 0 Å². The van der Waals surface area contributed by atoms with Crippen LogP contribution < -0.4 is 11.1 Å². The zero-order valence-electron chi connectivity index (χ0n) is 9.14. The van der Waals surface area contributed by atoms with Gasteiger partial charge in [0.15, 0.2) is 10.9 Å². The van der Waals surface area contributed by atoms with E-state index in [0.717, 1.165) is 10.8 Å². The average molecular weight is 235 g/mol. The fraction of sp³-hybridized carbons (Fsp3) is 0.300. The molecule has 0 aliphatic rings. The lowest BCUT2D eigenvalue weighted by Gasteiger charge is -2.01. The summed E-state index contributed by atoms with van der Waals surface area (Å²) in [6.45, 7) is 4.22. The minimum absolute atomic E-state index is 0.394. The van der Waals surface area contributed by atoms with E-state index in [2.05, 4.69) is 34.1 Å². The molecule has 0 fully saturated rings. The molecule has 2 aromatic rings. The average Bonchev–Trinajstić information content (AvgIpc) is 2.66. The van der Waals surface area contributed by atoms with Gasteiger partial charge in [0, 0.05) is 5.38 Å². The van der Waals surface area contributed by atoms with Crippen molar-refractivity contribution in [1.29, 1.82) is 0 Å². The van der Waals surface area contributed by atoms with E-state index in [1.165, 1.54) is 6.20 Å². The maximum absolute atomic E-state index is 5.54. The third-order valence-electron chi connectivity index (χ3n) is 2.00. The van der Waals surface area contributed by atoms with Crippen LogP contribution in [0.4, 0.5) is 16.8 Å². The maximum atomic E-state index is 5.54. The summed E-state index contributed by atoms with van der Waals surface area (Å²) in [5.41, 5.74) is 6.61. The first-order valence-electron chi connectivity index (χ1n) is 4.95. The molecule has 0 spiro atoms. The van der Waals surface area contributed by atoms with Crippen LogP contribution in [0.3, 0.4) is 0 Å². The van der Waals surface area contributed by atoms with Gasteiger partial charge in [-0.05, 0) is 5.92 Å². The van der Waals surface area contributed by atoms with Gasteiger partial charge in [-0.15, -0.1) is 11.3 Å². The highest BCUT2D eigenvalue weighted by molar-refractivity contribution is 7.13. The standard InChI is InChI=1S/C10H13N5S/c1-6(2)7-5-16-10(13-7)15-9-4-12-3-8(11)14-9/h3-6H,1-2H3,(H3,11,13,14,15). The summed E-state index contributed by atoms with van der Waals surface area (Å²) >= 11 is 1.55. The molecule has 0 aliphatic heterocycles. The summed E-state index contributed by atoms with van der Waals surface area (Å²) in [5, 5.41) is 5.92. The van der Waals surface area contributed by atoms with E-state index in [1.54, 1.807) is 17.5 Å². The second-order valence-electron chi connectivity index (χ2n) is 3.69. The topological polar surface area (TPSA) is 76.7 Å². The van der Waals surface area contributed by atoms with E-state index in [4.69, 9.17) is 5.73 Å². The molecule has 0 aromatic carbocycles. The molecule has 0 amide bonds. The Hall–Kier alpha value is -1.69. The molecule has 0 unspecified atom stereocenters. The highest BCUT2D eigenvalue weighted by Crippen LogP contribution is 2.23. The van der Waals surface area contributed by atoms with Crippen molar-refractivity contribution in [3.05, 3.63) is 23.5 Å². The SMILES string of the molecule is CC(C)c1csc(Nc2cncc(N)n2)n1. The Morgan fingerprint density at radius 3 is 2.75 bits per heavy atom. The first-order valence-corrected chi connectivity index (χ1v) is 5.83. The Balaban J connectivity index is 2.14. The molecule has 16 heavy (non-hydrogen) atoms. The number of nitrogens with one attached hydrogen (secondary N) is 1. The minimum atomic E-state index is 0.394. The van der Waals surface area contributed by atoms with Gasteiger partial charge in [0.1, 0.15) is 5.82 Å². The Labute approximate surface area is 97.8 Å². The van der Waals surface area contributed by atoms with Crippen LogP contribution in [0.5, 0.6) is 0 Å². The van der Waals surface area contributed by atoms with Crippen molar-refractivity contribution in [3.63, 3.8) is 0 Å². The number of hydrogen-bond acceptors (Lipinski definition) is 6. The molecule has 2 rings (SSSR count). The van der Waals surface area contributed by atoms with Crippen molar-refractivity contribution >= 4 is 28.1 Å². The molecular formula is C10H13N5S. The van der Waals surface area contributed by atoms with Gasteiger partial charge in [-0.2, -0.15) is 0 Å². The Kier molecular flexibility index (Phi) is 3.00. The number of rotatable bonds is 3. The van der Waals surface area contributed by atoms with Gasteiger partial charge in [0.05, 0.1) is 18.1 Å². The minimum Gasteiger partial charge on any atom is -0.382 e. The summed E-state index contributed by atoms with van der Waals surface area (Å²) in [6.07, 6.45) is 3.12. The fourth-order valence-electron chi connectivity index (χ4n) is 1.16. The molecule has 0 saturated carbocycles. The van der Waals surface area contributed by atoms with Crippen molar-refractivity contribution in [3.8, 4) is 0 Å². The number of hydrogen-bond donors (Lipinski definition) is 2. The van der Waals surface area contributed by atoms with E-state index >= 15 is 0 Å². The quantitative estimate of drug-likeness (QED) is 0.854. The normalized spacial score (nSPS) is 10.7. The van der Waals surface area contributed by atoms with Crippen LogP contribution in [-0.4, -0.2) is 15.0 Å². The van der Waals surface area contributed by atoms with Gasteiger partial charge in [-0.1, -0.05) is 13.8 Å². The number of nitrogens with two attached hydrogens (primary N) is 1. The number of nitrogens with zero attached hydrogens (tertiary/aromatic N) is 3. The number of thiazole rings is 1. The molecule has 0 aliphatic carbocycles. The van der Waals surface area contributed by atoms with Gasteiger partial charge < -0.3 is 11.1 Å². The number of anilines is 3. The lowest BCUT2D eigenvalue weighted by atomic mass is 10.2. The molecule has 0 radical (unpaired) electrons. The lowest BCUT2D eigenvalue weighted by Crippen LogP contribution is -1.98. The lowest BCUT2D eigenvalue weighted by molar-refractivity contribution is 0.834. The summed E-state index contributed by atoms with van der Waals surface area (Å²) < 4.78 is 0. The van der Waals surface area contributed by atoms with Gasteiger partial charge in [-0.3, -0.25) is 4.98 Å². The van der Waals surface area contributed by atoms with E-state index in [1.807, 2.05) is 5.38 Å². The first-order chi connectivity index (χ1) is 7.65. The maximum Gasteiger partial charge on any atom is 0.188 e. The Morgan fingerprint density at radius 1 is 1.31 bits per heavy atom. The van der Waals surface area contributed by atoms with Crippen LogP contribution in [0.25, 0.3) is 0 Å². The van der Waals surface area contributed by atoms with E-state index in [0.29, 0.717) is 17.6 Å². The molecule has 3 N–H and O–H groups in total. The summed E-state index contributed by atoms with van der Waals surface area (Å²) in [5.74, 6) is 1.44. The summed E-state index contributed by atoms with van der Waals surface area (Å²) in [7, 11) is 0. The molecule has 0 atom stereocenters. The van der Waals surface area contributed by atoms with E-state index in [9.17, 15) is 0 Å². The van der Waals surface area contributed by atoms with Crippen LogP contribution in [0.2, 0.25) is 0 Å². The van der Waals surface area contributed by atoms with Crippen LogP contribution in [0, 0.1) is 0 Å². The van der Waals surface area contributed by atoms with Crippen LogP contribution in [0.1, 0.15) is 25.5 Å². The van der Waals surface area contributed by atoms with Gasteiger partial charge in [0.2, 0.25) is 0 Å². The largest absolute Gasteiger partial charge is 0.382 e. The molecule has 84 valence electrons. The molecule has 2 aromatic heterocycles. The first kappa shape index (κ1) is 10.8. The smallest absolute Gasteiger partial charge is 0.188 e. The summed E-state index contributed by atoms with van der Waals surface area (Å²) in [4.78, 5) is 12.5. The molecule has 0 bridgehead atoms. The molecule has 5 nitrogen and oxygen atoms in total. The predicted molar refractivity (Wildman–Crippen MR) is 65.9 cm³/mol.